The third kappa shape index (κ3) is 5.08. The summed E-state index contributed by atoms with van der Waals surface area (Å²) in [5.41, 5.74) is -0.188. The lowest BCUT2D eigenvalue weighted by atomic mass is 10.2. The number of aliphatic hydroxyl groups excluding tert-OH is 2. The van der Waals surface area contributed by atoms with Crippen LogP contribution < -0.4 is 10.1 Å². The van der Waals surface area contributed by atoms with E-state index in [1.165, 1.54) is 24.0 Å². The van der Waals surface area contributed by atoms with E-state index in [9.17, 15) is 18.7 Å². The van der Waals surface area contributed by atoms with E-state index in [0.29, 0.717) is 0 Å². The lowest BCUT2D eigenvalue weighted by Crippen LogP contribution is -2.17. The van der Waals surface area contributed by atoms with Crippen LogP contribution >= 0.6 is 11.3 Å². The Labute approximate surface area is 167 Å². The zero-order valence-corrected chi connectivity index (χ0v) is 15.7. The van der Waals surface area contributed by atoms with Crippen LogP contribution in [0.1, 0.15) is 16.9 Å². The van der Waals surface area contributed by atoms with Gasteiger partial charge in [0.25, 0.3) is 5.91 Å². The Kier molecular flexibility index (Phi) is 6.75. The molecule has 0 aliphatic heterocycles. The smallest absolute Gasteiger partial charge is 0.275 e. The highest BCUT2D eigenvalue weighted by atomic mass is 32.1. The summed E-state index contributed by atoms with van der Waals surface area (Å²) in [6.45, 7) is -0.347. The minimum atomic E-state index is -0.929. The van der Waals surface area contributed by atoms with Crippen molar-refractivity contribution in [2.24, 2.45) is 0 Å². The molecule has 3 aromatic rings. The van der Waals surface area contributed by atoms with Crippen LogP contribution in [0.15, 0.2) is 36.1 Å². The van der Waals surface area contributed by atoms with Gasteiger partial charge in [-0.15, -0.1) is 11.3 Å². The Morgan fingerprint density at radius 2 is 2.07 bits per heavy atom. The molecule has 11 heteroatoms. The molecule has 0 aliphatic carbocycles. The fraction of sp³-hybridized carbons (Fsp3) is 0.222. The largest absolute Gasteiger partial charge is 0.476 e. The second-order valence-corrected chi connectivity index (χ2v) is 6.66. The van der Waals surface area contributed by atoms with Gasteiger partial charge in [0.2, 0.25) is 5.88 Å². The van der Waals surface area contributed by atoms with Crippen molar-refractivity contribution in [3.8, 4) is 16.5 Å². The van der Waals surface area contributed by atoms with E-state index in [4.69, 9.17) is 9.84 Å². The van der Waals surface area contributed by atoms with Crippen molar-refractivity contribution in [3.05, 3.63) is 53.4 Å². The van der Waals surface area contributed by atoms with Gasteiger partial charge < -0.3 is 20.3 Å². The molecule has 0 spiro atoms. The van der Waals surface area contributed by atoms with Crippen LogP contribution in [0.25, 0.3) is 10.6 Å². The lowest BCUT2D eigenvalue weighted by Gasteiger charge is -2.11. The van der Waals surface area contributed by atoms with Gasteiger partial charge in [-0.3, -0.25) is 4.79 Å². The number of nitrogens with zero attached hydrogens (tertiary/aromatic N) is 3. The highest BCUT2D eigenvalue weighted by Crippen LogP contribution is 2.29. The van der Waals surface area contributed by atoms with Crippen LogP contribution in [-0.4, -0.2) is 50.4 Å². The average Bonchev–Trinajstić information content (AvgIpc) is 3.19. The number of thiazole rings is 1. The van der Waals surface area contributed by atoms with Crippen LogP contribution in [0.4, 0.5) is 14.5 Å². The quantitative estimate of drug-likeness (QED) is 0.510. The number of aromatic nitrogens is 3. The first kappa shape index (κ1) is 20.7. The third-order valence-electron chi connectivity index (χ3n) is 3.74. The summed E-state index contributed by atoms with van der Waals surface area (Å²) in [5, 5.41) is 22.1. The predicted molar refractivity (Wildman–Crippen MR) is 101 cm³/mol. The highest BCUT2D eigenvalue weighted by molar-refractivity contribution is 7.13. The Bertz CT molecular complexity index is 981. The number of halogens is 2. The van der Waals surface area contributed by atoms with Gasteiger partial charge in [-0.05, 0) is 12.1 Å². The Morgan fingerprint density at radius 3 is 2.79 bits per heavy atom. The summed E-state index contributed by atoms with van der Waals surface area (Å²) >= 11 is 0.928. The average molecular weight is 422 g/mol. The zero-order valence-electron chi connectivity index (χ0n) is 14.9. The maximum Gasteiger partial charge on any atom is 0.275 e. The second-order valence-electron chi connectivity index (χ2n) is 5.80. The number of carbonyl (C=O) groups is 1. The number of amides is 1. The Balaban J connectivity index is 1.72. The minimum absolute atomic E-state index is 0.0320. The fourth-order valence-electron chi connectivity index (χ4n) is 2.28. The van der Waals surface area contributed by atoms with Crippen molar-refractivity contribution in [1.82, 2.24) is 15.0 Å². The lowest BCUT2D eigenvalue weighted by molar-refractivity contribution is 0.0748. The number of aliphatic hydroxyl groups is 2. The van der Waals surface area contributed by atoms with E-state index < -0.39 is 30.3 Å². The molecule has 8 nitrogen and oxygen atoms in total. The molecule has 0 radical (unpaired) electrons. The van der Waals surface area contributed by atoms with E-state index in [1.54, 1.807) is 0 Å². The molecular weight excluding hydrogens is 406 g/mol. The molecule has 0 bridgehead atoms. The van der Waals surface area contributed by atoms with Gasteiger partial charge in [0.05, 0.1) is 31.1 Å². The van der Waals surface area contributed by atoms with Crippen molar-refractivity contribution in [3.63, 3.8) is 0 Å². The zero-order chi connectivity index (χ0) is 20.8. The number of rotatable bonds is 8. The van der Waals surface area contributed by atoms with Crippen molar-refractivity contribution in [1.29, 1.82) is 0 Å². The van der Waals surface area contributed by atoms with Gasteiger partial charge in [0.1, 0.15) is 34.4 Å². The van der Waals surface area contributed by atoms with Crippen LogP contribution in [-0.2, 0) is 0 Å². The van der Waals surface area contributed by atoms with Crippen LogP contribution in [0.2, 0.25) is 0 Å². The Hall–Kier alpha value is -3.02. The molecule has 152 valence electrons. The standard InChI is InChI=1S/C18H16F2N4O4S/c19-11-2-1-3-12(20)15(11)18-24-14(8-29-18)16(27)23-13-6-21-9-22-17(13)28-5-4-10(26)7-25/h1-3,6,8-10,25-26H,4-5,7H2,(H,23,27). The van der Waals surface area contributed by atoms with E-state index in [2.05, 4.69) is 20.3 Å². The molecule has 3 rings (SSSR count). The van der Waals surface area contributed by atoms with Crippen LogP contribution in [0, 0.1) is 11.6 Å². The predicted octanol–water partition coefficient (Wildman–Crippen LogP) is 2.25. The van der Waals surface area contributed by atoms with Crippen molar-refractivity contribution in [2.75, 3.05) is 18.5 Å². The van der Waals surface area contributed by atoms with Gasteiger partial charge >= 0.3 is 0 Å². The molecular formula is C18H16F2N4O4S. The van der Waals surface area contributed by atoms with Crippen molar-refractivity contribution in [2.45, 2.75) is 12.5 Å². The number of anilines is 1. The van der Waals surface area contributed by atoms with Gasteiger partial charge in [0.15, 0.2) is 0 Å². The maximum absolute atomic E-state index is 13.9. The molecule has 2 heterocycles. The molecule has 1 unspecified atom stereocenters. The molecule has 0 saturated carbocycles. The number of carbonyl (C=O) groups excluding carboxylic acids is 1. The van der Waals surface area contributed by atoms with Crippen molar-refractivity contribution >= 4 is 22.9 Å². The normalized spacial score (nSPS) is 11.9. The summed E-state index contributed by atoms with van der Waals surface area (Å²) in [7, 11) is 0. The summed E-state index contributed by atoms with van der Waals surface area (Å²) in [5.74, 6) is -2.12. The first-order valence-corrected chi connectivity index (χ1v) is 9.30. The van der Waals surface area contributed by atoms with Gasteiger partial charge in [0, 0.05) is 11.8 Å². The minimum Gasteiger partial charge on any atom is -0.476 e. The van der Waals surface area contributed by atoms with E-state index in [1.807, 2.05) is 0 Å². The molecule has 0 saturated heterocycles. The molecule has 1 atom stereocenters. The number of hydrogen-bond acceptors (Lipinski definition) is 8. The molecule has 0 fully saturated rings. The third-order valence-corrected chi connectivity index (χ3v) is 4.60. The first-order valence-electron chi connectivity index (χ1n) is 8.42. The fourth-order valence-corrected chi connectivity index (χ4v) is 3.13. The first-order chi connectivity index (χ1) is 14.0. The monoisotopic (exact) mass is 422 g/mol. The van der Waals surface area contributed by atoms with Gasteiger partial charge in [-0.1, -0.05) is 6.07 Å². The van der Waals surface area contributed by atoms with E-state index in [0.717, 1.165) is 23.5 Å². The van der Waals surface area contributed by atoms with Crippen LogP contribution in [0.5, 0.6) is 5.88 Å². The molecule has 1 aromatic carbocycles. The summed E-state index contributed by atoms with van der Waals surface area (Å²) < 4.78 is 33.2. The maximum atomic E-state index is 13.9. The molecule has 0 aliphatic rings. The highest BCUT2D eigenvalue weighted by Gasteiger charge is 2.19. The number of ether oxygens (including phenoxy) is 1. The summed E-state index contributed by atoms with van der Waals surface area (Å²) in [6.07, 6.45) is 1.77. The summed E-state index contributed by atoms with van der Waals surface area (Å²) in [4.78, 5) is 24.2. The number of benzene rings is 1. The molecule has 29 heavy (non-hydrogen) atoms. The van der Waals surface area contributed by atoms with Crippen molar-refractivity contribution < 1.29 is 28.5 Å². The van der Waals surface area contributed by atoms with Gasteiger partial charge in [-0.25, -0.2) is 18.7 Å². The second kappa shape index (κ2) is 9.45. The molecule has 3 N–H and O–H groups in total. The topological polar surface area (TPSA) is 117 Å². The Morgan fingerprint density at radius 1 is 1.31 bits per heavy atom. The summed E-state index contributed by atoms with van der Waals surface area (Å²) in [6, 6.07) is 3.46. The van der Waals surface area contributed by atoms with Gasteiger partial charge in [-0.2, -0.15) is 4.98 Å². The number of hydrogen-bond donors (Lipinski definition) is 3. The molecule has 1 amide bonds. The molecule has 2 aromatic heterocycles. The van der Waals surface area contributed by atoms with E-state index >= 15 is 0 Å². The number of nitrogens with one attached hydrogen (secondary N) is 1. The van der Waals surface area contributed by atoms with E-state index in [-0.39, 0.29) is 40.9 Å². The SMILES string of the molecule is O=C(Nc1cncnc1OCCC(O)CO)c1csc(-c2c(F)cccc2F)n1. The van der Waals surface area contributed by atoms with Crippen LogP contribution in [0.3, 0.4) is 0 Å².